The van der Waals surface area contributed by atoms with Gasteiger partial charge in [0.2, 0.25) is 0 Å². The first-order valence-corrected chi connectivity index (χ1v) is 2.59. The summed E-state index contributed by atoms with van der Waals surface area (Å²) >= 11 is 0. The first kappa shape index (κ1) is 5.81. The van der Waals surface area contributed by atoms with Gasteiger partial charge in [0.1, 0.15) is 11.9 Å². The van der Waals surface area contributed by atoms with Crippen molar-refractivity contribution in [3.8, 4) is 0 Å². The highest BCUT2D eigenvalue weighted by atomic mass is 15.0. The first-order chi connectivity index (χ1) is 4.30. The molecule has 0 fully saturated rings. The van der Waals surface area contributed by atoms with Gasteiger partial charge in [0, 0.05) is 18.6 Å². The maximum Gasteiger partial charge on any atom is 0.119 e. The first-order valence-electron chi connectivity index (χ1n) is 2.59. The van der Waals surface area contributed by atoms with E-state index >= 15 is 0 Å². The molecule has 1 aliphatic rings. The summed E-state index contributed by atoms with van der Waals surface area (Å²) < 4.78 is 0. The standard InChI is InChI=1S/C5H8N4/c6-5(7)4-3-8-1-2-9-4/h1-4,9H,(H3,6,7). The van der Waals surface area contributed by atoms with Crippen LogP contribution in [0.1, 0.15) is 0 Å². The van der Waals surface area contributed by atoms with E-state index in [1.165, 1.54) is 0 Å². The third kappa shape index (κ3) is 1.28. The predicted octanol–water partition coefficient (Wildman–Crippen LogP) is -0.564. The molecule has 0 aromatic carbocycles. The Morgan fingerprint density at radius 1 is 1.78 bits per heavy atom. The molecule has 1 aliphatic heterocycles. The van der Waals surface area contributed by atoms with Crippen molar-refractivity contribution in [3.05, 3.63) is 12.4 Å². The van der Waals surface area contributed by atoms with Crippen LogP contribution < -0.4 is 11.1 Å². The second-order valence-corrected chi connectivity index (χ2v) is 1.71. The highest BCUT2D eigenvalue weighted by Crippen LogP contribution is 1.85. The monoisotopic (exact) mass is 124 g/mol. The lowest BCUT2D eigenvalue weighted by atomic mass is 10.3. The van der Waals surface area contributed by atoms with Crippen LogP contribution in [0.25, 0.3) is 0 Å². The van der Waals surface area contributed by atoms with Crippen molar-refractivity contribution in [2.45, 2.75) is 6.04 Å². The zero-order chi connectivity index (χ0) is 6.69. The van der Waals surface area contributed by atoms with E-state index in [4.69, 9.17) is 11.1 Å². The maximum absolute atomic E-state index is 6.98. The molecule has 4 nitrogen and oxygen atoms in total. The van der Waals surface area contributed by atoms with Gasteiger partial charge in [-0.1, -0.05) is 0 Å². The third-order valence-electron chi connectivity index (χ3n) is 1.01. The number of rotatable bonds is 1. The van der Waals surface area contributed by atoms with Crippen LogP contribution in [0, 0.1) is 5.41 Å². The summed E-state index contributed by atoms with van der Waals surface area (Å²) in [5.41, 5.74) is 5.16. The van der Waals surface area contributed by atoms with Crippen molar-refractivity contribution >= 4 is 12.1 Å². The van der Waals surface area contributed by atoms with Gasteiger partial charge in [-0.15, -0.1) is 0 Å². The van der Waals surface area contributed by atoms with Gasteiger partial charge < -0.3 is 11.1 Å². The van der Waals surface area contributed by atoms with Gasteiger partial charge in [-0.05, 0) is 0 Å². The SMILES string of the molecule is N=C(N)C1C=NC=CN1. The Hall–Kier alpha value is -1.32. The number of aliphatic imine (C=N–C) groups is 1. The van der Waals surface area contributed by atoms with Crippen LogP contribution in [0.2, 0.25) is 0 Å². The normalized spacial score (nSPS) is 23.3. The van der Waals surface area contributed by atoms with Gasteiger partial charge in [-0.3, -0.25) is 10.4 Å². The fourth-order valence-corrected chi connectivity index (χ4v) is 0.539. The quantitative estimate of drug-likeness (QED) is 0.323. The zero-order valence-corrected chi connectivity index (χ0v) is 4.83. The van der Waals surface area contributed by atoms with Gasteiger partial charge >= 0.3 is 0 Å². The van der Waals surface area contributed by atoms with E-state index in [1.807, 2.05) is 0 Å². The number of hydrogen-bond donors (Lipinski definition) is 3. The Bertz CT molecular complexity index is 170. The van der Waals surface area contributed by atoms with Gasteiger partial charge in [-0.25, -0.2) is 0 Å². The molecule has 0 aliphatic carbocycles. The van der Waals surface area contributed by atoms with Crippen LogP contribution in [0.15, 0.2) is 17.4 Å². The Balaban J connectivity index is 2.56. The van der Waals surface area contributed by atoms with E-state index in [0.717, 1.165) is 0 Å². The summed E-state index contributed by atoms with van der Waals surface area (Å²) in [5.74, 6) is 0.0862. The molecule has 9 heavy (non-hydrogen) atoms. The number of nitrogens with two attached hydrogens (primary N) is 1. The maximum atomic E-state index is 6.98. The van der Waals surface area contributed by atoms with Crippen LogP contribution in [0.5, 0.6) is 0 Å². The van der Waals surface area contributed by atoms with Crippen LogP contribution in [0.3, 0.4) is 0 Å². The molecular formula is C5H8N4. The summed E-state index contributed by atoms with van der Waals surface area (Å²) in [4.78, 5) is 3.79. The van der Waals surface area contributed by atoms with E-state index in [0.29, 0.717) is 0 Å². The molecule has 1 rings (SSSR count). The van der Waals surface area contributed by atoms with Crippen molar-refractivity contribution in [3.63, 3.8) is 0 Å². The van der Waals surface area contributed by atoms with Crippen LogP contribution in [-0.2, 0) is 0 Å². The molecule has 0 amide bonds. The summed E-state index contributed by atoms with van der Waals surface area (Å²) in [6.07, 6.45) is 4.86. The summed E-state index contributed by atoms with van der Waals surface area (Å²) in [7, 11) is 0. The van der Waals surface area contributed by atoms with E-state index in [1.54, 1.807) is 18.6 Å². The molecule has 0 spiro atoms. The van der Waals surface area contributed by atoms with E-state index < -0.39 is 0 Å². The van der Waals surface area contributed by atoms with Crippen molar-refractivity contribution in [1.29, 1.82) is 5.41 Å². The van der Waals surface area contributed by atoms with E-state index in [-0.39, 0.29) is 11.9 Å². The highest BCUT2D eigenvalue weighted by Gasteiger charge is 2.06. The van der Waals surface area contributed by atoms with Crippen LogP contribution >= 0.6 is 0 Å². The predicted molar refractivity (Wildman–Crippen MR) is 36.5 cm³/mol. The van der Waals surface area contributed by atoms with Gasteiger partial charge in [0.05, 0.1) is 0 Å². The number of amidine groups is 1. The molecule has 1 atom stereocenters. The molecule has 1 heterocycles. The Kier molecular flexibility index (Phi) is 1.48. The van der Waals surface area contributed by atoms with E-state index in [9.17, 15) is 0 Å². The Labute approximate surface area is 53.0 Å². The molecule has 0 radical (unpaired) electrons. The zero-order valence-electron chi connectivity index (χ0n) is 4.83. The van der Waals surface area contributed by atoms with Gasteiger partial charge in [0.15, 0.2) is 0 Å². The molecular weight excluding hydrogens is 116 g/mol. The Morgan fingerprint density at radius 3 is 2.89 bits per heavy atom. The molecule has 0 aromatic heterocycles. The van der Waals surface area contributed by atoms with Crippen LogP contribution in [-0.4, -0.2) is 18.1 Å². The van der Waals surface area contributed by atoms with Crippen molar-refractivity contribution in [2.24, 2.45) is 10.7 Å². The summed E-state index contributed by atoms with van der Waals surface area (Å²) in [6, 6.07) is -0.213. The fraction of sp³-hybridized carbons (Fsp3) is 0.200. The Morgan fingerprint density at radius 2 is 2.56 bits per heavy atom. The number of nitrogens with one attached hydrogen (secondary N) is 2. The minimum Gasteiger partial charge on any atom is -0.386 e. The second kappa shape index (κ2) is 2.30. The summed E-state index contributed by atoms with van der Waals surface area (Å²) in [5, 5.41) is 9.82. The molecule has 0 bridgehead atoms. The average molecular weight is 124 g/mol. The van der Waals surface area contributed by atoms with E-state index in [2.05, 4.69) is 10.3 Å². The minimum atomic E-state index is -0.213. The average Bonchev–Trinajstić information content (AvgIpc) is 1.90. The smallest absolute Gasteiger partial charge is 0.119 e. The number of hydrogen-bond acceptors (Lipinski definition) is 3. The molecule has 0 aromatic rings. The molecule has 4 N–H and O–H groups in total. The third-order valence-corrected chi connectivity index (χ3v) is 1.01. The van der Waals surface area contributed by atoms with Crippen molar-refractivity contribution in [2.75, 3.05) is 0 Å². The lowest BCUT2D eigenvalue weighted by Crippen LogP contribution is -2.40. The molecule has 0 saturated heterocycles. The van der Waals surface area contributed by atoms with Gasteiger partial charge in [0.25, 0.3) is 0 Å². The van der Waals surface area contributed by atoms with Crippen molar-refractivity contribution < 1.29 is 0 Å². The molecule has 0 saturated carbocycles. The fourth-order valence-electron chi connectivity index (χ4n) is 0.539. The molecule has 1 unspecified atom stereocenters. The second-order valence-electron chi connectivity index (χ2n) is 1.71. The topological polar surface area (TPSA) is 74.3 Å². The number of nitrogens with zero attached hydrogens (tertiary/aromatic N) is 1. The summed E-state index contributed by atoms with van der Waals surface area (Å²) in [6.45, 7) is 0. The molecule has 48 valence electrons. The largest absolute Gasteiger partial charge is 0.386 e. The lowest BCUT2D eigenvalue weighted by Gasteiger charge is -2.11. The van der Waals surface area contributed by atoms with Crippen LogP contribution in [0.4, 0.5) is 0 Å². The molecule has 4 heteroatoms. The minimum absolute atomic E-state index is 0.0862. The lowest BCUT2D eigenvalue weighted by molar-refractivity contribution is 0.893. The van der Waals surface area contributed by atoms with Gasteiger partial charge in [-0.2, -0.15) is 0 Å². The highest BCUT2D eigenvalue weighted by molar-refractivity contribution is 5.98. The van der Waals surface area contributed by atoms with Crippen molar-refractivity contribution in [1.82, 2.24) is 5.32 Å².